The van der Waals surface area contributed by atoms with Crippen molar-refractivity contribution in [1.29, 1.82) is 0 Å². The van der Waals surface area contributed by atoms with Gasteiger partial charge in [-0.3, -0.25) is 4.79 Å². The van der Waals surface area contributed by atoms with E-state index in [1.807, 2.05) is 6.92 Å². The molecule has 4 heterocycles. The molecule has 112 valence electrons. The van der Waals surface area contributed by atoms with Crippen LogP contribution in [-0.2, 0) is 6.42 Å². The zero-order valence-corrected chi connectivity index (χ0v) is 13.7. The third kappa shape index (κ3) is 1.82. The van der Waals surface area contributed by atoms with Crippen molar-refractivity contribution in [2.75, 3.05) is 6.54 Å². The molecule has 1 amide bonds. The highest BCUT2D eigenvalue weighted by Gasteiger charge is 2.25. The highest BCUT2D eigenvalue weighted by Crippen LogP contribution is 2.38. The number of thiophene rings is 1. The third-order valence-corrected chi connectivity index (χ3v) is 5.29. The fourth-order valence-corrected chi connectivity index (χ4v) is 4.48. The number of hydrogen-bond acceptors (Lipinski definition) is 3. The minimum absolute atomic E-state index is 0.00815. The summed E-state index contributed by atoms with van der Waals surface area (Å²) in [5.41, 5.74) is 5.56. The highest BCUT2D eigenvalue weighted by molar-refractivity contribution is 7.21. The lowest BCUT2D eigenvalue weighted by atomic mass is 10.1. The van der Waals surface area contributed by atoms with Crippen molar-refractivity contribution in [3.05, 3.63) is 45.7 Å². The average molecular weight is 311 g/mol. The molecule has 0 aromatic carbocycles. The van der Waals surface area contributed by atoms with Crippen molar-refractivity contribution >= 4 is 27.5 Å². The van der Waals surface area contributed by atoms with E-state index in [1.165, 1.54) is 22.6 Å². The minimum atomic E-state index is 0.00815. The maximum Gasteiger partial charge on any atom is 0.263 e. The molecule has 0 bridgehead atoms. The number of aromatic nitrogens is 2. The first-order chi connectivity index (χ1) is 10.6. The third-order valence-electron chi connectivity index (χ3n) is 4.22. The molecule has 0 saturated heterocycles. The Morgan fingerprint density at radius 2 is 2.09 bits per heavy atom. The number of fused-ring (bicyclic) bond motifs is 5. The summed E-state index contributed by atoms with van der Waals surface area (Å²) in [6.45, 7) is 6.85. The Bertz CT molecular complexity index is 920. The van der Waals surface area contributed by atoms with Crippen LogP contribution < -0.4 is 5.32 Å². The van der Waals surface area contributed by atoms with Crippen molar-refractivity contribution in [2.24, 2.45) is 0 Å². The molecule has 0 saturated carbocycles. The molecular weight excluding hydrogens is 294 g/mol. The quantitative estimate of drug-likeness (QED) is 0.692. The van der Waals surface area contributed by atoms with Gasteiger partial charge in [0.2, 0.25) is 0 Å². The fourth-order valence-electron chi connectivity index (χ4n) is 3.28. The van der Waals surface area contributed by atoms with E-state index < -0.39 is 0 Å². The van der Waals surface area contributed by atoms with E-state index in [0.717, 1.165) is 38.6 Å². The zero-order valence-electron chi connectivity index (χ0n) is 12.9. The van der Waals surface area contributed by atoms with Gasteiger partial charge in [-0.25, -0.2) is 4.98 Å². The molecule has 0 unspecified atom stereocenters. The van der Waals surface area contributed by atoms with Crippen molar-refractivity contribution in [3.63, 3.8) is 0 Å². The van der Waals surface area contributed by atoms with Crippen LogP contribution in [0.3, 0.4) is 0 Å². The molecule has 22 heavy (non-hydrogen) atoms. The normalized spacial score (nSPS) is 14.2. The first-order valence-electron chi connectivity index (χ1n) is 7.43. The number of amides is 1. The summed E-state index contributed by atoms with van der Waals surface area (Å²) in [6, 6.07) is 6.36. The van der Waals surface area contributed by atoms with Crippen LogP contribution in [0, 0.1) is 20.8 Å². The van der Waals surface area contributed by atoms with E-state index in [0.29, 0.717) is 6.54 Å². The van der Waals surface area contributed by atoms with Crippen LogP contribution in [0.5, 0.6) is 0 Å². The van der Waals surface area contributed by atoms with Gasteiger partial charge in [0.05, 0.1) is 5.69 Å². The Balaban J connectivity index is 2.18. The molecule has 4 rings (SSSR count). The van der Waals surface area contributed by atoms with Crippen LogP contribution in [0.1, 0.15) is 32.3 Å². The Kier molecular flexibility index (Phi) is 2.87. The molecule has 4 nitrogen and oxygen atoms in total. The largest absolute Gasteiger partial charge is 0.351 e. The first kappa shape index (κ1) is 13.5. The smallest absolute Gasteiger partial charge is 0.263 e. The standard InChI is InChI=1S/C17H17N3OS/c1-9-8-10(2)19-17-13(9)14-15(22-17)16(21)18-7-6-12-5-4-11(3)20(12)14/h4-5,8H,6-7H2,1-3H3,(H,18,21). The first-order valence-corrected chi connectivity index (χ1v) is 8.24. The average Bonchev–Trinajstić information content (AvgIpc) is 2.97. The second-order valence-corrected chi connectivity index (χ2v) is 6.85. The predicted octanol–water partition coefficient (Wildman–Crippen LogP) is 3.30. The van der Waals surface area contributed by atoms with Crippen molar-refractivity contribution in [1.82, 2.24) is 14.9 Å². The van der Waals surface area contributed by atoms with Gasteiger partial charge in [0.1, 0.15) is 9.71 Å². The summed E-state index contributed by atoms with van der Waals surface area (Å²) in [4.78, 5) is 18.9. The number of carbonyl (C=O) groups is 1. The molecule has 0 radical (unpaired) electrons. The Morgan fingerprint density at radius 1 is 1.27 bits per heavy atom. The Morgan fingerprint density at radius 3 is 2.91 bits per heavy atom. The van der Waals surface area contributed by atoms with Crippen LogP contribution in [0.4, 0.5) is 0 Å². The maximum absolute atomic E-state index is 12.5. The lowest BCUT2D eigenvalue weighted by Gasteiger charge is -2.17. The summed E-state index contributed by atoms with van der Waals surface area (Å²) in [7, 11) is 0. The van der Waals surface area contributed by atoms with Crippen molar-refractivity contribution in [2.45, 2.75) is 27.2 Å². The second kappa shape index (κ2) is 4.68. The van der Waals surface area contributed by atoms with Crippen LogP contribution in [-0.4, -0.2) is 22.0 Å². The highest BCUT2D eigenvalue weighted by atomic mass is 32.1. The zero-order chi connectivity index (χ0) is 15.4. The van der Waals surface area contributed by atoms with Gasteiger partial charge in [-0.2, -0.15) is 0 Å². The number of rotatable bonds is 0. The number of nitrogens with zero attached hydrogens (tertiary/aromatic N) is 2. The van der Waals surface area contributed by atoms with Gasteiger partial charge in [0.25, 0.3) is 5.91 Å². The van der Waals surface area contributed by atoms with Crippen LogP contribution in [0.15, 0.2) is 18.2 Å². The summed E-state index contributed by atoms with van der Waals surface area (Å²) in [6.07, 6.45) is 0.842. The van der Waals surface area contributed by atoms with Gasteiger partial charge >= 0.3 is 0 Å². The fraction of sp³-hybridized carbons (Fsp3) is 0.294. The van der Waals surface area contributed by atoms with E-state index in [4.69, 9.17) is 0 Å². The summed E-state index contributed by atoms with van der Waals surface area (Å²) >= 11 is 1.49. The van der Waals surface area contributed by atoms with E-state index in [2.05, 4.69) is 46.9 Å². The second-order valence-electron chi connectivity index (χ2n) is 5.85. The number of carbonyl (C=O) groups excluding carboxylic acids is 1. The Labute approximate surface area is 132 Å². The van der Waals surface area contributed by atoms with E-state index in [9.17, 15) is 4.79 Å². The molecule has 1 aliphatic rings. The number of nitrogens with one attached hydrogen (secondary N) is 1. The monoisotopic (exact) mass is 311 g/mol. The van der Waals surface area contributed by atoms with Crippen molar-refractivity contribution < 1.29 is 4.79 Å². The number of pyridine rings is 1. The number of aryl methyl sites for hydroxylation is 3. The molecule has 0 spiro atoms. The van der Waals surface area contributed by atoms with Crippen molar-refractivity contribution in [3.8, 4) is 5.69 Å². The van der Waals surface area contributed by atoms with E-state index in [1.54, 1.807) is 0 Å². The van der Waals surface area contributed by atoms with Gasteiger partial charge in [-0.15, -0.1) is 11.3 Å². The Hall–Kier alpha value is -2.14. The topological polar surface area (TPSA) is 46.9 Å². The molecule has 1 aliphatic heterocycles. The number of hydrogen-bond donors (Lipinski definition) is 1. The summed E-state index contributed by atoms with van der Waals surface area (Å²) in [5, 5.41) is 4.12. The molecular formula is C17H17N3OS. The van der Waals surface area contributed by atoms with Gasteiger partial charge in [-0.05, 0) is 44.5 Å². The van der Waals surface area contributed by atoms with Gasteiger partial charge in [0.15, 0.2) is 0 Å². The van der Waals surface area contributed by atoms with Crippen LogP contribution >= 0.6 is 11.3 Å². The molecule has 3 aromatic rings. The van der Waals surface area contributed by atoms with E-state index >= 15 is 0 Å². The molecule has 1 N–H and O–H groups in total. The lowest BCUT2D eigenvalue weighted by Crippen LogP contribution is -2.28. The SMILES string of the molecule is Cc1cc(C)c2c3c(sc2n1)C(=O)NCCc1ccc(C)n1-3. The molecule has 0 aliphatic carbocycles. The summed E-state index contributed by atoms with van der Waals surface area (Å²) < 4.78 is 2.23. The van der Waals surface area contributed by atoms with Gasteiger partial charge in [-0.1, -0.05) is 0 Å². The van der Waals surface area contributed by atoms with Crippen LogP contribution in [0.2, 0.25) is 0 Å². The lowest BCUT2D eigenvalue weighted by molar-refractivity contribution is 0.0957. The van der Waals surface area contributed by atoms with Crippen LogP contribution in [0.25, 0.3) is 15.9 Å². The molecule has 0 fully saturated rings. The van der Waals surface area contributed by atoms with E-state index in [-0.39, 0.29) is 5.91 Å². The minimum Gasteiger partial charge on any atom is -0.351 e. The molecule has 5 heteroatoms. The molecule has 3 aromatic heterocycles. The van der Waals surface area contributed by atoms with Gasteiger partial charge in [0, 0.05) is 35.4 Å². The van der Waals surface area contributed by atoms with Gasteiger partial charge < -0.3 is 9.88 Å². The molecule has 0 atom stereocenters. The summed E-state index contributed by atoms with van der Waals surface area (Å²) in [5.74, 6) is 0.00815. The maximum atomic E-state index is 12.5. The predicted molar refractivity (Wildman–Crippen MR) is 89.2 cm³/mol.